The SMILES string of the molecule is CCO[Si](CCCCCCCCCCOc1cc2c(c(C)c1OCCCCCCCCCC[Si](OCC)(OCC)OCC)C(=C1c3ccccc3-c3ccccc31)C(C)C2)(OCC)OCC. The van der Waals surface area contributed by atoms with Crippen molar-refractivity contribution < 1.29 is 36.0 Å². The predicted octanol–water partition coefficient (Wildman–Crippen LogP) is 15.2. The zero-order valence-corrected chi connectivity index (χ0v) is 44.6. The van der Waals surface area contributed by atoms with E-state index in [1.54, 1.807) is 0 Å². The van der Waals surface area contributed by atoms with Crippen LogP contribution in [0.4, 0.5) is 0 Å². The molecule has 5 rings (SSSR count). The number of ether oxygens (including phenoxy) is 2. The van der Waals surface area contributed by atoms with Crippen LogP contribution in [0.2, 0.25) is 12.1 Å². The summed E-state index contributed by atoms with van der Waals surface area (Å²) in [5.74, 6) is 2.26. The average Bonchev–Trinajstić information content (AvgIpc) is 3.81. The Balaban J connectivity index is 1.15. The molecule has 0 spiro atoms. The van der Waals surface area contributed by atoms with Gasteiger partial charge in [-0.15, -0.1) is 0 Å². The number of rotatable bonds is 36. The quantitative estimate of drug-likeness (QED) is 0.0330. The highest BCUT2D eigenvalue weighted by Crippen LogP contribution is 2.54. The van der Waals surface area contributed by atoms with E-state index in [9.17, 15) is 0 Å². The minimum Gasteiger partial charge on any atom is -0.490 e. The molecule has 0 saturated carbocycles. The summed E-state index contributed by atoms with van der Waals surface area (Å²) in [6, 6.07) is 22.1. The fourth-order valence-electron chi connectivity index (χ4n) is 10.4. The molecule has 0 aromatic heterocycles. The predicted molar refractivity (Wildman–Crippen MR) is 278 cm³/mol. The number of unbranched alkanes of at least 4 members (excludes halogenated alkanes) is 14. The van der Waals surface area contributed by atoms with E-state index in [4.69, 9.17) is 36.0 Å². The van der Waals surface area contributed by atoms with Gasteiger partial charge in [0.2, 0.25) is 0 Å². The summed E-state index contributed by atoms with van der Waals surface area (Å²) in [6.45, 7) is 22.2. The van der Waals surface area contributed by atoms with Crippen LogP contribution in [0.3, 0.4) is 0 Å². The van der Waals surface area contributed by atoms with E-state index in [2.05, 4.69) is 68.4 Å². The van der Waals surface area contributed by atoms with Gasteiger partial charge in [-0.1, -0.05) is 133 Å². The highest BCUT2D eigenvalue weighted by atomic mass is 28.4. The molecule has 0 aliphatic heterocycles. The van der Waals surface area contributed by atoms with E-state index in [-0.39, 0.29) is 0 Å². The zero-order valence-electron chi connectivity index (χ0n) is 42.6. The second-order valence-electron chi connectivity index (χ2n) is 18.2. The molecule has 1 unspecified atom stereocenters. The maximum Gasteiger partial charge on any atom is 0.500 e. The van der Waals surface area contributed by atoms with Crippen LogP contribution < -0.4 is 9.47 Å². The molecule has 10 heteroatoms. The fourth-order valence-corrected chi connectivity index (χ4v) is 15.8. The maximum atomic E-state index is 6.83. The van der Waals surface area contributed by atoms with Gasteiger partial charge in [0, 0.05) is 57.3 Å². The molecule has 0 heterocycles. The fraction of sp³-hybridized carbons (Fsp3) is 0.643. The molecule has 0 N–H and O–H groups in total. The van der Waals surface area contributed by atoms with E-state index in [0.717, 1.165) is 55.7 Å². The molecular formula is C56H88O8Si2. The van der Waals surface area contributed by atoms with Crippen molar-refractivity contribution in [2.45, 2.75) is 177 Å². The first-order valence-corrected chi connectivity index (χ1v) is 30.4. The van der Waals surface area contributed by atoms with Crippen molar-refractivity contribution in [2.75, 3.05) is 52.9 Å². The first kappa shape index (κ1) is 54.1. The van der Waals surface area contributed by atoms with Gasteiger partial charge in [-0.25, -0.2) is 0 Å². The minimum absolute atomic E-state index is 0.392. The summed E-state index contributed by atoms with van der Waals surface area (Å²) in [6.07, 6.45) is 20.1. The lowest BCUT2D eigenvalue weighted by molar-refractivity contribution is 0.0698. The summed E-state index contributed by atoms with van der Waals surface area (Å²) >= 11 is 0. The van der Waals surface area contributed by atoms with Gasteiger partial charge in [-0.2, -0.15) is 0 Å². The Morgan fingerprint density at radius 2 is 0.833 bits per heavy atom. The van der Waals surface area contributed by atoms with Gasteiger partial charge >= 0.3 is 17.6 Å². The largest absolute Gasteiger partial charge is 0.500 e. The van der Waals surface area contributed by atoms with Crippen LogP contribution in [-0.4, -0.2) is 70.5 Å². The molecule has 368 valence electrons. The highest BCUT2D eigenvalue weighted by molar-refractivity contribution is 6.61. The Hall–Kier alpha value is -2.81. The normalized spacial score (nSPS) is 14.5. The lowest BCUT2D eigenvalue weighted by atomic mass is 9.88. The summed E-state index contributed by atoms with van der Waals surface area (Å²) in [7, 11) is -5.06. The van der Waals surface area contributed by atoms with Crippen LogP contribution in [0.15, 0.2) is 54.6 Å². The maximum absolute atomic E-state index is 6.83. The molecule has 66 heavy (non-hydrogen) atoms. The van der Waals surface area contributed by atoms with Gasteiger partial charge < -0.3 is 36.0 Å². The van der Waals surface area contributed by atoms with Gasteiger partial charge in [-0.05, 0) is 137 Å². The van der Waals surface area contributed by atoms with Crippen molar-refractivity contribution in [3.8, 4) is 22.6 Å². The van der Waals surface area contributed by atoms with Crippen molar-refractivity contribution in [1.29, 1.82) is 0 Å². The third-order valence-corrected chi connectivity index (χ3v) is 19.6. The molecule has 2 aliphatic carbocycles. The van der Waals surface area contributed by atoms with Gasteiger partial charge in [-0.3, -0.25) is 0 Å². The third kappa shape index (κ3) is 15.1. The molecule has 0 saturated heterocycles. The average molecular weight is 945 g/mol. The second kappa shape index (κ2) is 29.3. The van der Waals surface area contributed by atoms with Crippen LogP contribution in [-0.2, 0) is 33.0 Å². The Morgan fingerprint density at radius 1 is 0.470 bits per heavy atom. The summed E-state index contributed by atoms with van der Waals surface area (Å²) in [5, 5.41) is 0. The molecule has 3 aromatic carbocycles. The van der Waals surface area contributed by atoms with Crippen molar-refractivity contribution >= 4 is 28.8 Å². The molecule has 3 aromatic rings. The lowest BCUT2D eigenvalue weighted by Crippen LogP contribution is -2.45. The van der Waals surface area contributed by atoms with E-state index < -0.39 is 17.6 Å². The molecule has 1 atom stereocenters. The molecular weight excluding hydrogens is 857 g/mol. The zero-order chi connectivity index (χ0) is 47.0. The Labute approximate surface area is 403 Å². The van der Waals surface area contributed by atoms with Gasteiger partial charge in [0.25, 0.3) is 0 Å². The van der Waals surface area contributed by atoms with Gasteiger partial charge in [0.15, 0.2) is 11.5 Å². The Kier molecular flexibility index (Phi) is 24.0. The van der Waals surface area contributed by atoms with Crippen LogP contribution in [0.1, 0.15) is 179 Å². The molecule has 2 aliphatic rings. The molecule has 0 bridgehead atoms. The summed E-state index contributed by atoms with van der Waals surface area (Å²) < 4.78 is 49.9. The number of benzene rings is 3. The minimum atomic E-state index is -2.53. The lowest BCUT2D eigenvalue weighted by Gasteiger charge is -2.28. The van der Waals surface area contributed by atoms with Gasteiger partial charge in [0.05, 0.1) is 13.2 Å². The van der Waals surface area contributed by atoms with Crippen molar-refractivity contribution in [3.05, 3.63) is 82.4 Å². The number of hydrogen-bond acceptors (Lipinski definition) is 8. The molecule has 0 fully saturated rings. The monoisotopic (exact) mass is 945 g/mol. The summed E-state index contributed by atoms with van der Waals surface area (Å²) in [4.78, 5) is 0. The molecule has 0 amide bonds. The third-order valence-electron chi connectivity index (χ3n) is 13.3. The van der Waals surface area contributed by atoms with Crippen molar-refractivity contribution in [1.82, 2.24) is 0 Å². The molecule has 0 radical (unpaired) electrons. The van der Waals surface area contributed by atoms with E-state index in [1.807, 2.05) is 41.5 Å². The van der Waals surface area contributed by atoms with E-state index in [1.165, 1.54) is 127 Å². The van der Waals surface area contributed by atoms with Crippen molar-refractivity contribution in [3.63, 3.8) is 0 Å². The highest BCUT2D eigenvalue weighted by Gasteiger charge is 2.41. The first-order valence-electron chi connectivity index (χ1n) is 26.5. The Bertz CT molecular complexity index is 1820. The second-order valence-corrected chi connectivity index (χ2v) is 23.6. The number of allylic oxidation sites excluding steroid dienone is 1. The number of hydrogen-bond donors (Lipinski definition) is 0. The van der Waals surface area contributed by atoms with Crippen LogP contribution in [0, 0.1) is 12.8 Å². The van der Waals surface area contributed by atoms with Crippen LogP contribution in [0.25, 0.3) is 22.3 Å². The van der Waals surface area contributed by atoms with Crippen LogP contribution in [0.5, 0.6) is 11.5 Å². The molecule has 8 nitrogen and oxygen atoms in total. The van der Waals surface area contributed by atoms with E-state index in [0.29, 0.717) is 58.8 Å². The smallest absolute Gasteiger partial charge is 0.490 e. The van der Waals surface area contributed by atoms with E-state index >= 15 is 0 Å². The first-order chi connectivity index (χ1) is 32.3. The van der Waals surface area contributed by atoms with Crippen LogP contribution >= 0.6 is 0 Å². The van der Waals surface area contributed by atoms with Crippen molar-refractivity contribution in [2.24, 2.45) is 5.92 Å². The standard InChI is InChI=1S/C56H88O8Si2/c1-9-59-65(60-10-2,61-11-3)41-33-25-21-17-15-19-23-31-39-57-52-44-47-43-45(7)53(55-50-37-29-27-35-48(50)49-36-28-30-38-51(49)55)54(47)46(8)56(52)58-40-32-24-20-16-18-22-26-34-42-66(62-12-4,63-13-5)64-14-6/h27-30,35-38,44-45H,9-26,31-34,39-43H2,1-8H3. The topological polar surface area (TPSA) is 73.8 Å². The summed E-state index contributed by atoms with van der Waals surface area (Å²) in [5.41, 5.74) is 12.2. The number of fused-ring (bicyclic) bond motifs is 4. The van der Waals surface area contributed by atoms with Gasteiger partial charge in [0.1, 0.15) is 0 Å². The Morgan fingerprint density at radius 3 is 1.24 bits per heavy atom.